The van der Waals surface area contributed by atoms with E-state index in [0.717, 1.165) is 62.7 Å². The van der Waals surface area contributed by atoms with Gasteiger partial charge in [0.05, 0.1) is 0 Å². The Balaban J connectivity index is 3.13. The van der Waals surface area contributed by atoms with E-state index in [2.05, 4.69) is 0 Å². The average molecular weight is 638 g/mol. The van der Waals surface area contributed by atoms with Gasteiger partial charge in [-0.3, -0.25) is 0 Å². The van der Waals surface area contributed by atoms with Gasteiger partial charge in [-0.2, -0.15) is 0 Å². The van der Waals surface area contributed by atoms with E-state index in [1.54, 1.807) is 0 Å². The Kier molecular flexibility index (Phi) is 6.77. The SMILES string of the molecule is [te]1[te][te][te][te]1. The second-order valence-electron chi connectivity index (χ2n) is 0.340. The summed E-state index contributed by atoms with van der Waals surface area (Å²) in [5, 5.41) is 0. The quantitative estimate of drug-likeness (QED) is 0.292. The molecule has 0 fully saturated rings. The predicted octanol–water partition coefficient (Wildman–Crippen LogP) is -1.90. The summed E-state index contributed by atoms with van der Waals surface area (Å²) in [6.45, 7) is 0. The first-order valence-electron chi connectivity index (χ1n) is 0.833. The van der Waals surface area contributed by atoms with E-state index in [4.69, 9.17) is 0 Å². The van der Waals surface area contributed by atoms with E-state index in [9.17, 15) is 0 Å². The van der Waals surface area contributed by atoms with E-state index in [1.807, 2.05) is 0 Å². The van der Waals surface area contributed by atoms with Crippen molar-refractivity contribution < 1.29 is 0 Å². The van der Waals surface area contributed by atoms with Gasteiger partial charge in [-0.05, 0) is 0 Å². The Bertz CT molecular complexity index is 56.5. The van der Waals surface area contributed by atoms with E-state index >= 15 is 0 Å². The van der Waals surface area contributed by atoms with Crippen LogP contribution in [0, 0.1) is 0 Å². The van der Waals surface area contributed by atoms with E-state index < -0.39 is 0 Å². The van der Waals surface area contributed by atoms with Crippen molar-refractivity contribution in [3.05, 3.63) is 0 Å². The van der Waals surface area contributed by atoms with Gasteiger partial charge in [-0.1, -0.05) is 0 Å². The van der Waals surface area contributed by atoms with Crippen molar-refractivity contribution in [2.24, 2.45) is 0 Å². The Hall–Kier alpha value is 3.95. The predicted molar refractivity (Wildman–Crippen MR) is 28.8 cm³/mol. The molecule has 0 saturated heterocycles. The monoisotopic (exact) mass is 650 g/mol. The van der Waals surface area contributed by atoms with Gasteiger partial charge < -0.3 is 0 Å². The Morgan fingerprint density at radius 2 is 0.600 bits per heavy atom. The molecule has 0 aliphatic carbocycles. The third kappa shape index (κ3) is 3.51. The molecule has 1 aromatic rings. The molecule has 0 unspecified atom stereocenters. The molecular formula is Te5. The van der Waals surface area contributed by atoms with Crippen LogP contribution in [-0.4, -0.2) is 62.7 Å². The van der Waals surface area contributed by atoms with E-state index in [1.165, 1.54) is 0 Å². The summed E-state index contributed by atoms with van der Waals surface area (Å²) in [5.74, 6) is 0. The van der Waals surface area contributed by atoms with Gasteiger partial charge in [0.2, 0.25) is 0 Å². The Morgan fingerprint density at radius 3 is 0.800 bits per heavy atom. The fourth-order valence-electron chi connectivity index (χ4n) is 0.0567. The topological polar surface area (TPSA) is 0 Å². The van der Waals surface area contributed by atoms with Gasteiger partial charge in [0, 0.05) is 0 Å². The Morgan fingerprint density at radius 1 is 0.400 bits per heavy atom. The van der Waals surface area contributed by atoms with Crippen LogP contribution >= 0.6 is 0 Å². The molecule has 0 spiro atoms. The van der Waals surface area contributed by atoms with Crippen molar-refractivity contribution in [3.63, 3.8) is 0 Å². The third-order valence-corrected chi connectivity index (χ3v) is 281. The van der Waals surface area contributed by atoms with Crippen molar-refractivity contribution in [3.8, 4) is 0 Å². The zero-order chi connectivity index (χ0) is 3.54. The summed E-state index contributed by atoms with van der Waals surface area (Å²) in [6, 6.07) is 0. The summed E-state index contributed by atoms with van der Waals surface area (Å²) >= 11 is 4.90. The number of rotatable bonds is 0. The van der Waals surface area contributed by atoms with Crippen molar-refractivity contribution in [2.45, 2.75) is 0 Å². The van der Waals surface area contributed by atoms with Crippen LogP contribution in [-0.2, 0) is 0 Å². The molecule has 0 radical (unpaired) electrons. The van der Waals surface area contributed by atoms with Gasteiger partial charge in [0.1, 0.15) is 0 Å². The summed E-state index contributed by atoms with van der Waals surface area (Å²) < 4.78 is 0. The molecule has 0 atom stereocenters. The number of hydrogen-bond acceptors (Lipinski definition) is 0. The van der Waals surface area contributed by atoms with Gasteiger partial charge >= 0.3 is 62.7 Å². The first kappa shape index (κ1) is 7.06. The van der Waals surface area contributed by atoms with Gasteiger partial charge in [0.25, 0.3) is 0 Å². The summed E-state index contributed by atoms with van der Waals surface area (Å²) in [5.41, 5.74) is 0. The van der Waals surface area contributed by atoms with Crippen LogP contribution in [0.3, 0.4) is 0 Å². The summed E-state index contributed by atoms with van der Waals surface area (Å²) in [4.78, 5) is 0. The van der Waals surface area contributed by atoms with Crippen molar-refractivity contribution >= 4 is 62.7 Å². The van der Waals surface area contributed by atoms with Crippen molar-refractivity contribution in [1.82, 2.24) is 0 Å². The van der Waals surface area contributed by atoms with Crippen LogP contribution in [0.5, 0.6) is 0 Å². The molecule has 1 aromatic heterocycles. The van der Waals surface area contributed by atoms with Crippen LogP contribution in [0.25, 0.3) is 0 Å². The normalized spacial score (nSPS) is 8.00. The molecular weight excluding hydrogens is 638 g/mol. The van der Waals surface area contributed by atoms with Crippen LogP contribution in [0.4, 0.5) is 0 Å². The van der Waals surface area contributed by atoms with Crippen molar-refractivity contribution in [1.29, 1.82) is 0 Å². The first-order valence-corrected chi connectivity index (χ1v) is 37.5. The number of hydrogen-bond donors (Lipinski definition) is 0. The molecule has 1 heterocycles. The van der Waals surface area contributed by atoms with Crippen LogP contribution in [0.1, 0.15) is 0 Å². The van der Waals surface area contributed by atoms with Gasteiger partial charge in [-0.25, -0.2) is 0 Å². The molecule has 0 amide bonds. The first-order chi connectivity index (χ1) is 2.50. The summed E-state index contributed by atoms with van der Waals surface area (Å²) in [7, 11) is 0. The van der Waals surface area contributed by atoms with E-state index in [0.29, 0.717) is 0 Å². The molecule has 0 saturated carbocycles. The minimum absolute atomic E-state index is 0.980. The van der Waals surface area contributed by atoms with E-state index in [-0.39, 0.29) is 0 Å². The fraction of sp³-hybridized carbons (Fsp3) is 0. The van der Waals surface area contributed by atoms with Crippen LogP contribution in [0.15, 0.2) is 0 Å². The molecule has 0 N–H and O–H groups in total. The molecule has 0 bridgehead atoms. The summed E-state index contributed by atoms with van der Waals surface area (Å²) in [6.07, 6.45) is 0. The molecule has 0 aromatic carbocycles. The van der Waals surface area contributed by atoms with Crippen molar-refractivity contribution in [2.75, 3.05) is 0 Å². The fourth-order valence-corrected chi connectivity index (χ4v) is 770. The third-order valence-electron chi connectivity index (χ3n) is 0.139. The standard InChI is InChI=1S/Te5/c1-2-4-5-3-1. The second kappa shape index (κ2) is 4.79. The molecule has 0 aliphatic rings. The molecule has 0 nitrogen and oxygen atoms in total. The maximum atomic E-state index is 0.980. The molecule has 30 valence electrons. The van der Waals surface area contributed by atoms with Crippen LogP contribution < -0.4 is 0 Å². The zero-order valence-corrected chi connectivity index (χ0v) is 13.7. The molecule has 0 aliphatic heterocycles. The molecule has 1 rings (SSSR count). The van der Waals surface area contributed by atoms with Gasteiger partial charge in [0.15, 0.2) is 0 Å². The van der Waals surface area contributed by atoms with Crippen LogP contribution in [0.2, 0.25) is 0 Å². The molecule has 5 heteroatoms. The Labute approximate surface area is 60.0 Å². The maximum absolute atomic E-state index is 0.980. The zero-order valence-electron chi connectivity index (χ0n) is 2.04. The molecule has 5 heavy (non-hydrogen) atoms. The minimum atomic E-state index is 0.980. The van der Waals surface area contributed by atoms with Gasteiger partial charge in [-0.15, -0.1) is 0 Å². The second-order valence-corrected chi connectivity index (χ2v) is 103. The average Bonchev–Trinajstić information content (AvgIpc) is 1.76.